The summed E-state index contributed by atoms with van der Waals surface area (Å²) in [6, 6.07) is 16.2. The van der Waals surface area contributed by atoms with Crippen molar-refractivity contribution in [3.8, 4) is 0 Å². The van der Waals surface area contributed by atoms with Gasteiger partial charge in [-0.2, -0.15) is 0 Å². The molecule has 0 aliphatic carbocycles. The molecule has 0 saturated heterocycles. The van der Waals surface area contributed by atoms with Crippen LogP contribution in [0.1, 0.15) is 5.56 Å². The number of nitrogens with one attached hydrogen (secondary N) is 1. The van der Waals surface area contributed by atoms with E-state index < -0.39 is 0 Å². The minimum atomic E-state index is 0.793. The molecule has 0 radical (unpaired) electrons. The lowest BCUT2D eigenvalue weighted by atomic mass is 10.1. The molecule has 17 heavy (non-hydrogen) atoms. The molecule has 3 N–H and O–H groups in total. The Hall–Kier alpha value is -1.48. The summed E-state index contributed by atoms with van der Waals surface area (Å²) in [6.45, 7) is 0.880. The number of benzene rings is 2. The Labute approximate surface area is 110 Å². The van der Waals surface area contributed by atoms with E-state index in [2.05, 4.69) is 39.4 Å². The Morgan fingerprint density at radius 2 is 1.88 bits per heavy atom. The molecule has 0 aliphatic rings. The van der Waals surface area contributed by atoms with Gasteiger partial charge >= 0.3 is 0 Å². The summed E-state index contributed by atoms with van der Waals surface area (Å²) in [4.78, 5) is 0. The maximum atomic E-state index is 5.85. The van der Waals surface area contributed by atoms with Crippen molar-refractivity contribution < 1.29 is 0 Å². The number of anilines is 2. The topological polar surface area (TPSA) is 38.0 Å². The Morgan fingerprint density at radius 1 is 1.06 bits per heavy atom. The van der Waals surface area contributed by atoms with Crippen LogP contribution in [0.3, 0.4) is 0 Å². The summed E-state index contributed by atoms with van der Waals surface area (Å²) < 4.78 is 1.12. The molecule has 0 aromatic heterocycles. The number of nitrogens with two attached hydrogens (primary N) is 1. The van der Waals surface area contributed by atoms with Crippen molar-refractivity contribution in [3.05, 3.63) is 58.6 Å². The van der Waals surface area contributed by atoms with Crippen LogP contribution < -0.4 is 11.1 Å². The molecule has 0 saturated carbocycles. The summed E-state index contributed by atoms with van der Waals surface area (Å²) in [5.74, 6) is 0. The van der Waals surface area contributed by atoms with Crippen molar-refractivity contribution in [1.29, 1.82) is 0 Å². The number of rotatable bonds is 4. The summed E-state index contributed by atoms with van der Waals surface area (Å²) in [7, 11) is 0. The van der Waals surface area contributed by atoms with Gasteiger partial charge < -0.3 is 11.1 Å². The summed E-state index contributed by atoms with van der Waals surface area (Å²) in [5, 5.41) is 3.34. The minimum Gasteiger partial charge on any atom is -0.397 e. The van der Waals surface area contributed by atoms with E-state index in [1.807, 2.05) is 30.3 Å². The van der Waals surface area contributed by atoms with Gasteiger partial charge in [0.1, 0.15) is 0 Å². The highest BCUT2D eigenvalue weighted by atomic mass is 79.9. The van der Waals surface area contributed by atoms with E-state index in [4.69, 9.17) is 5.73 Å². The molecule has 0 atom stereocenters. The van der Waals surface area contributed by atoms with E-state index in [1.165, 1.54) is 5.56 Å². The van der Waals surface area contributed by atoms with E-state index in [0.29, 0.717) is 0 Å². The fourth-order valence-corrected chi connectivity index (χ4v) is 2.14. The summed E-state index contributed by atoms with van der Waals surface area (Å²) >= 11 is 3.47. The van der Waals surface area contributed by atoms with Gasteiger partial charge in [-0.15, -0.1) is 0 Å². The van der Waals surface area contributed by atoms with Gasteiger partial charge in [-0.3, -0.25) is 0 Å². The van der Waals surface area contributed by atoms with Crippen LogP contribution in [0.15, 0.2) is 53.0 Å². The Morgan fingerprint density at radius 3 is 2.65 bits per heavy atom. The predicted octanol–water partition coefficient (Wildman–Crippen LogP) is 3.69. The molecule has 88 valence electrons. The zero-order chi connectivity index (χ0) is 12.1. The van der Waals surface area contributed by atoms with Crippen LogP contribution in [0.2, 0.25) is 0 Å². The third kappa shape index (κ3) is 3.49. The third-order valence-corrected chi connectivity index (χ3v) is 3.07. The zero-order valence-corrected chi connectivity index (χ0v) is 11.1. The van der Waals surface area contributed by atoms with Crippen LogP contribution in [0.25, 0.3) is 0 Å². The van der Waals surface area contributed by atoms with Crippen molar-refractivity contribution in [1.82, 2.24) is 0 Å². The standard InChI is InChI=1S/C14H15BrN2/c15-12-5-3-4-11(10-12)8-9-17-14-7-2-1-6-13(14)16/h1-7,10,17H,8-9,16H2. The highest BCUT2D eigenvalue weighted by Gasteiger charge is 1.97. The van der Waals surface area contributed by atoms with Gasteiger partial charge in [0.2, 0.25) is 0 Å². The molecule has 0 heterocycles. The van der Waals surface area contributed by atoms with Gasteiger partial charge in [-0.05, 0) is 36.2 Å². The van der Waals surface area contributed by atoms with E-state index in [0.717, 1.165) is 28.8 Å². The maximum absolute atomic E-state index is 5.85. The van der Waals surface area contributed by atoms with Crippen molar-refractivity contribution in [2.45, 2.75) is 6.42 Å². The SMILES string of the molecule is Nc1ccccc1NCCc1cccc(Br)c1. The van der Waals surface area contributed by atoms with E-state index in [-0.39, 0.29) is 0 Å². The normalized spacial score (nSPS) is 10.2. The first-order valence-corrected chi connectivity index (χ1v) is 6.38. The van der Waals surface area contributed by atoms with Gasteiger partial charge in [0, 0.05) is 11.0 Å². The van der Waals surface area contributed by atoms with Gasteiger partial charge in [-0.1, -0.05) is 40.2 Å². The second-order valence-electron chi connectivity index (χ2n) is 3.89. The average Bonchev–Trinajstić information content (AvgIpc) is 2.32. The zero-order valence-electron chi connectivity index (χ0n) is 9.49. The molecule has 0 spiro atoms. The molecule has 2 rings (SSSR count). The molecule has 0 amide bonds. The maximum Gasteiger partial charge on any atom is 0.0574 e. The van der Waals surface area contributed by atoms with E-state index >= 15 is 0 Å². The lowest BCUT2D eigenvalue weighted by molar-refractivity contribution is 1.02. The molecule has 0 unspecified atom stereocenters. The Kier molecular flexibility index (Phi) is 4.04. The number of nitrogen functional groups attached to an aromatic ring is 1. The lowest BCUT2D eigenvalue weighted by Crippen LogP contribution is -2.06. The average molecular weight is 291 g/mol. The van der Waals surface area contributed by atoms with Gasteiger partial charge in [0.25, 0.3) is 0 Å². The molecule has 0 aliphatic heterocycles. The van der Waals surface area contributed by atoms with Crippen LogP contribution in [0.4, 0.5) is 11.4 Å². The second kappa shape index (κ2) is 5.73. The molecular formula is C14H15BrN2. The van der Waals surface area contributed by atoms with Gasteiger partial charge in [0.05, 0.1) is 11.4 Å². The fourth-order valence-electron chi connectivity index (χ4n) is 1.69. The van der Waals surface area contributed by atoms with Crippen LogP contribution >= 0.6 is 15.9 Å². The van der Waals surface area contributed by atoms with Crippen molar-refractivity contribution in [3.63, 3.8) is 0 Å². The lowest BCUT2D eigenvalue weighted by Gasteiger charge is -2.09. The first-order valence-electron chi connectivity index (χ1n) is 5.58. The number of hydrogen-bond donors (Lipinski definition) is 2. The largest absolute Gasteiger partial charge is 0.397 e. The first kappa shape index (κ1) is 12.0. The monoisotopic (exact) mass is 290 g/mol. The van der Waals surface area contributed by atoms with Crippen LogP contribution in [-0.2, 0) is 6.42 Å². The van der Waals surface area contributed by atoms with Crippen molar-refractivity contribution in [2.75, 3.05) is 17.6 Å². The highest BCUT2D eigenvalue weighted by molar-refractivity contribution is 9.10. The Bertz CT molecular complexity index is 497. The quantitative estimate of drug-likeness (QED) is 0.843. The van der Waals surface area contributed by atoms with Crippen LogP contribution in [0, 0.1) is 0 Å². The van der Waals surface area contributed by atoms with Crippen LogP contribution in [-0.4, -0.2) is 6.54 Å². The number of para-hydroxylation sites is 2. The Balaban J connectivity index is 1.90. The van der Waals surface area contributed by atoms with Crippen molar-refractivity contribution in [2.24, 2.45) is 0 Å². The summed E-state index contributed by atoms with van der Waals surface area (Å²) in [6.07, 6.45) is 0.980. The third-order valence-electron chi connectivity index (χ3n) is 2.58. The number of halogens is 1. The number of hydrogen-bond acceptors (Lipinski definition) is 2. The molecular weight excluding hydrogens is 276 g/mol. The van der Waals surface area contributed by atoms with Gasteiger partial charge in [-0.25, -0.2) is 0 Å². The first-order chi connectivity index (χ1) is 8.25. The molecule has 3 heteroatoms. The van der Waals surface area contributed by atoms with Crippen LogP contribution in [0.5, 0.6) is 0 Å². The summed E-state index contributed by atoms with van der Waals surface area (Å²) in [5.41, 5.74) is 8.96. The predicted molar refractivity (Wildman–Crippen MR) is 77.2 cm³/mol. The van der Waals surface area contributed by atoms with Crippen molar-refractivity contribution >= 4 is 27.3 Å². The van der Waals surface area contributed by atoms with Gasteiger partial charge in [0.15, 0.2) is 0 Å². The highest BCUT2D eigenvalue weighted by Crippen LogP contribution is 2.17. The molecule has 2 aromatic carbocycles. The van der Waals surface area contributed by atoms with E-state index in [9.17, 15) is 0 Å². The second-order valence-corrected chi connectivity index (χ2v) is 4.81. The minimum absolute atomic E-state index is 0.793. The van der Waals surface area contributed by atoms with E-state index in [1.54, 1.807) is 0 Å². The smallest absolute Gasteiger partial charge is 0.0574 e. The molecule has 2 aromatic rings. The molecule has 2 nitrogen and oxygen atoms in total. The molecule has 0 bridgehead atoms. The molecule has 0 fully saturated rings. The fraction of sp³-hybridized carbons (Fsp3) is 0.143.